The summed E-state index contributed by atoms with van der Waals surface area (Å²) in [5.41, 5.74) is 18.3. The van der Waals surface area contributed by atoms with Crippen LogP contribution >= 0.6 is 0 Å². The molecule has 4 fully saturated rings. The third kappa shape index (κ3) is 2.60. The predicted molar refractivity (Wildman–Crippen MR) is 95.0 cm³/mol. The first-order chi connectivity index (χ1) is 11.4. The molecular weight excluding hydrogens is 302 g/mol. The van der Waals surface area contributed by atoms with Gasteiger partial charge >= 0.3 is 0 Å². The van der Waals surface area contributed by atoms with E-state index in [-0.39, 0.29) is 23.1 Å². The molecule has 128 valence electrons. The van der Waals surface area contributed by atoms with Gasteiger partial charge in [0.15, 0.2) is 5.96 Å². The van der Waals surface area contributed by atoms with Crippen molar-refractivity contribution in [3.8, 4) is 5.75 Å². The number of nitrogens with two attached hydrogens (primary N) is 3. The maximum absolute atomic E-state index is 10.1. The van der Waals surface area contributed by atoms with Crippen molar-refractivity contribution in [1.82, 2.24) is 0 Å². The summed E-state index contributed by atoms with van der Waals surface area (Å²) >= 11 is 0. The summed E-state index contributed by atoms with van der Waals surface area (Å²) in [7, 11) is 0. The van der Waals surface area contributed by atoms with E-state index in [4.69, 9.17) is 17.2 Å². The SMILES string of the molecule is NC(N)=NC(N)=Nc1cc(C23CC4CC(CC(C4)C2)C3)ccc1O. The second-order valence-electron chi connectivity index (χ2n) is 7.91. The Morgan fingerprint density at radius 1 is 1.00 bits per heavy atom. The number of nitrogens with zero attached hydrogens (tertiary/aromatic N) is 2. The van der Waals surface area contributed by atoms with Crippen LogP contribution in [-0.2, 0) is 5.41 Å². The molecule has 24 heavy (non-hydrogen) atoms. The lowest BCUT2D eigenvalue weighted by Gasteiger charge is -2.57. The fourth-order valence-electron chi connectivity index (χ4n) is 5.69. The lowest BCUT2D eigenvalue weighted by molar-refractivity contribution is -0.00518. The highest BCUT2D eigenvalue weighted by atomic mass is 16.3. The lowest BCUT2D eigenvalue weighted by Crippen LogP contribution is -2.48. The fraction of sp³-hybridized carbons (Fsp3) is 0.556. The van der Waals surface area contributed by atoms with E-state index in [0.717, 1.165) is 17.8 Å². The smallest absolute Gasteiger partial charge is 0.223 e. The van der Waals surface area contributed by atoms with E-state index in [1.165, 1.54) is 44.1 Å². The van der Waals surface area contributed by atoms with Gasteiger partial charge in [0, 0.05) is 0 Å². The van der Waals surface area contributed by atoms with E-state index in [2.05, 4.69) is 16.1 Å². The van der Waals surface area contributed by atoms with E-state index in [9.17, 15) is 5.11 Å². The van der Waals surface area contributed by atoms with Crippen LogP contribution in [0.1, 0.15) is 44.1 Å². The molecule has 0 unspecified atom stereocenters. The van der Waals surface area contributed by atoms with Crippen molar-refractivity contribution >= 4 is 17.6 Å². The molecule has 6 nitrogen and oxygen atoms in total. The second-order valence-corrected chi connectivity index (χ2v) is 7.91. The molecule has 4 bridgehead atoms. The number of hydrogen-bond donors (Lipinski definition) is 4. The van der Waals surface area contributed by atoms with Gasteiger partial charge in [0.2, 0.25) is 5.96 Å². The van der Waals surface area contributed by atoms with Gasteiger partial charge in [-0.05, 0) is 79.4 Å². The van der Waals surface area contributed by atoms with Crippen molar-refractivity contribution in [2.75, 3.05) is 0 Å². The Balaban J connectivity index is 1.70. The zero-order valence-electron chi connectivity index (χ0n) is 13.8. The highest BCUT2D eigenvalue weighted by Gasteiger charge is 2.51. The summed E-state index contributed by atoms with van der Waals surface area (Å²) < 4.78 is 0. The molecule has 0 amide bonds. The molecule has 1 aromatic carbocycles. The van der Waals surface area contributed by atoms with Crippen molar-refractivity contribution in [2.45, 2.75) is 43.9 Å². The van der Waals surface area contributed by atoms with Crippen LogP contribution in [0, 0.1) is 17.8 Å². The summed E-state index contributed by atoms with van der Waals surface area (Å²) in [5.74, 6) is 2.49. The van der Waals surface area contributed by atoms with Crippen LogP contribution in [0.25, 0.3) is 0 Å². The molecule has 4 saturated carbocycles. The Bertz CT molecular complexity index is 685. The molecule has 0 heterocycles. The van der Waals surface area contributed by atoms with Gasteiger partial charge in [-0.15, -0.1) is 0 Å². The molecule has 5 rings (SSSR count). The van der Waals surface area contributed by atoms with Crippen LogP contribution in [0.3, 0.4) is 0 Å². The van der Waals surface area contributed by atoms with E-state index >= 15 is 0 Å². The highest BCUT2D eigenvalue weighted by Crippen LogP contribution is 2.61. The largest absolute Gasteiger partial charge is 0.506 e. The quantitative estimate of drug-likeness (QED) is 0.490. The van der Waals surface area contributed by atoms with Crippen LogP contribution in [0.2, 0.25) is 0 Å². The molecule has 7 N–H and O–H groups in total. The molecular formula is C18H25N5O. The van der Waals surface area contributed by atoms with Crippen LogP contribution < -0.4 is 17.2 Å². The van der Waals surface area contributed by atoms with Gasteiger partial charge in [-0.2, -0.15) is 4.99 Å². The summed E-state index contributed by atoms with van der Waals surface area (Å²) in [6, 6.07) is 5.74. The zero-order chi connectivity index (χ0) is 16.9. The molecule has 0 spiro atoms. The Morgan fingerprint density at radius 3 is 2.12 bits per heavy atom. The first kappa shape index (κ1) is 15.3. The van der Waals surface area contributed by atoms with Gasteiger partial charge in [0.05, 0.1) is 0 Å². The van der Waals surface area contributed by atoms with E-state index in [1.54, 1.807) is 6.07 Å². The molecule has 4 aliphatic carbocycles. The van der Waals surface area contributed by atoms with Gasteiger partial charge in [0.1, 0.15) is 11.4 Å². The first-order valence-electron chi connectivity index (χ1n) is 8.71. The predicted octanol–water partition coefficient (Wildman–Crippen LogP) is 2.08. The minimum Gasteiger partial charge on any atom is -0.506 e. The number of rotatable bonds is 2. The molecule has 4 aliphatic rings. The summed E-state index contributed by atoms with van der Waals surface area (Å²) in [5, 5.41) is 10.1. The fourth-order valence-corrected chi connectivity index (χ4v) is 5.69. The number of phenolic OH excluding ortho intramolecular Hbond substituents is 1. The van der Waals surface area contributed by atoms with Gasteiger partial charge < -0.3 is 22.3 Å². The monoisotopic (exact) mass is 327 g/mol. The van der Waals surface area contributed by atoms with Gasteiger partial charge in [-0.1, -0.05) is 6.07 Å². The van der Waals surface area contributed by atoms with Crippen molar-refractivity contribution < 1.29 is 5.11 Å². The average Bonchev–Trinajstić information content (AvgIpc) is 2.47. The van der Waals surface area contributed by atoms with Gasteiger partial charge in [-0.25, -0.2) is 4.99 Å². The Labute approximate surface area is 141 Å². The minimum absolute atomic E-state index is 0.0482. The van der Waals surface area contributed by atoms with Crippen LogP contribution in [0.4, 0.5) is 5.69 Å². The summed E-state index contributed by atoms with van der Waals surface area (Å²) in [6.07, 6.45) is 7.99. The second kappa shape index (κ2) is 5.40. The molecule has 0 radical (unpaired) electrons. The number of aliphatic imine (C=N–C) groups is 2. The minimum atomic E-state index is -0.145. The van der Waals surface area contributed by atoms with Gasteiger partial charge in [0.25, 0.3) is 0 Å². The van der Waals surface area contributed by atoms with Crippen LogP contribution in [-0.4, -0.2) is 17.0 Å². The summed E-state index contributed by atoms with van der Waals surface area (Å²) in [4.78, 5) is 7.91. The Morgan fingerprint density at radius 2 is 1.58 bits per heavy atom. The third-order valence-corrected chi connectivity index (χ3v) is 6.10. The van der Waals surface area contributed by atoms with E-state index in [1.807, 2.05) is 6.07 Å². The van der Waals surface area contributed by atoms with E-state index in [0.29, 0.717) is 5.69 Å². The maximum Gasteiger partial charge on any atom is 0.223 e. The highest BCUT2D eigenvalue weighted by molar-refractivity contribution is 5.93. The van der Waals surface area contributed by atoms with Crippen molar-refractivity contribution in [3.05, 3.63) is 23.8 Å². The normalized spacial score (nSPS) is 34.3. The number of phenols is 1. The molecule has 6 heteroatoms. The zero-order valence-corrected chi connectivity index (χ0v) is 13.8. The molecule has 0 saturated heterocycles. The van der Waals surface area contributed by atoms with Crippen molar-refractivity contribution in [3.63, 3.8) is 0 Å². The molecule has 0 aliphatic heterocycles. The number of guanidine groups is 2. The average molecular weight is 327 g/mol. The standard InChI is InChI=1S/C18H25N5O/c19-16(20)23-17(21)22-14-6-13(1-2-15(14)24)18-7-10-3-11(8-18)5-12(4-10)9-18/h1-2,6,10-12,24H,3-5,7-9H2,(H6,19,20,21,22,23). The van der Waals surface area contributed by atoms with Crippen molar-refractivity contribution in [1.29, 1.82) is 0 Å². The lowest BCUT2D eigenvalue weighted by atomic mass is 9.48. The molecule has 1 aromatic rings. The van der Waals surface area contributed by atoms with Crippen LogP contribution in [0.15, 0.2) is 28.2 Å². The number of aromatic hydroxyl groups is 1. The van der Waals surface area contributed by atoms with Crippen molar-refractivity contribution in [2.24, 2.45) is 44.9 Å². The summed E-state index contributed by atoms with van der Waals surface area (Å²) in [6.45, 7) is 0. The number of hydrogen-bond acceptors (Lipinski definition) is 2. The molecule has 0 aromatic heterocycles. The van der Waals surface area contributed by atoms with Crippen LogP contribution in [0.5, 0.6) is 5.75 Å². The number of benzene rings is 1. The first-order valence-corrected chi connectivity index (χ1v) is 8.71. The Kier molecular flexibility index (Phi) is 3.44. The molecule has 0 atom stereocenters. The van der Waals surface area contributed by atoms with Gasteiger partial charge in [-0.3, -0.25) is 0 Å². The topological polar surface area (TPSA) is 123 Å². The maximum atomic E-state index is 10.1. The van der Waals surface area contributed by atoms with E-state index < -0.39 is 0 Å². The Hall–Kier alpha value is -2.24. The third-order valence-electron chi connectivity index (χ3n) is 6.10.